The third-order valence-corrected chi connectivity index (χ3v) is 9.09. The Hall–Kier alpha value is -1.57. The van der Waals surface area contributed by atoms with Gasteiger partial charge in [-0.05, 0) is 66.0 Å². The molecule has 0 aromatic heterocycles. The molecular formula is C25H32O2. The summed E-state index contributed by atoms with van der Waals surface area (Å²) in [5.74, 6) is 2.63. The summed E-state index contributed by atoms with van der Waals surface area (Å²) in [6, 6.07) is 8.65. The van der Waals surface area contributed by atoms with E-state index in [-0.39, 0.29) is 22.2 Å². The van der Waals surface area contributed by atoms with E-state index in [0.29, 0.717) is 17.6 Å². The molecule has 2 bridgehead atoms. The lowest BCUT2D eigenvalue weighted by Crippen LogP contribution is -2.47. The van der Waals surface area contributed by atoms with Crippen molar-refractivity contribution in [3.63, 3.8) is 0 Å². The fourth-order valence-corrected chi connectivity index (χ4v) is 7.91. The third kappa shape index (κ3) is 1.95. The van der Waals surface area contributed by atoms with Crippen LogP contribution in [-0.4, -0.2) is 12.9 Å². The minimum Gasteiger partial charge on any atom is -0.497 e. The number of hydrogen-bond acceptors (Lipinski definition) is 2. The second kappa shape index (κ2) is 5.72. The number of Topliss-reactive ketones (excluding diaryl/α,β-unsaturated/α-hetero) is 1. The maximum Gasteiger partial charge on any atom is 0.137 e. The molecule has 4 aliphatic rings. The Bertz CT molecular complexity index is 793. The predicted molar refractivity (Wildman–Crippen MR) is 108 cm³/mol. The summed E-state index contributed by atoms with van der Waals surface area (Å²) in [4.78, 5) is 13.6. The van der Waals surface area contributed by atoms with Crippen molar-refractivity contribution in [1.82, 2.24) is 0 Å². The third-order valence-electron chi connectivity index (χ3n) is 9.09. The fraction of sp³-hybridized carbons (Fsp3) is 0.640. The number of methoxy groups -OCH3 is 1. The second-order valence-electron chi connectivity index (χ2n) is 9.95. The van der Waals surface area contributed by atoms with Crippen LogP contribution in [-0.2, 0) is 10.2 Å². The van der Waals surface area contributed by atoms with Gasteiger partial charge in [0.2, 0.25) is 0 Å². The predicted octanol–water partition coefficient (Wildman–Crippen LogP) is 5.70. The van der Waals surface area contributed by atoms with Crippen molar-refractivity contribution >= 4 is 5.78 Å². The summed E-state index contributed by atoms with van der Waals surface area (Å²) in [5.41, 5.74) is 1.58. The lowest BCUT2D eigenvalue weighted by atomic mass is 9.52. The molecule has 0 heterocycles. The Morgan fingerprint density at radius 3 is 2.52 bits per heavy atom. The van der Waals surface area contributed by atoms with Gasteiger partial charge in [0.1, 0.15) is 11.5 Å². The largest absolute Gasteiger partial charge is 0.497 e. The maximum absolute atomic E-state index is 13.6. The molecule has 0 spiro atoms. The molecule has 0 aliphatic heterocycles. The maximum atomic E-state index is 13.6. The van der Waals surface area contributed by atoms with E-state index in [1.165, 1.54) is 44.1 Å². The van der Waals surface area contributed by atoms with E-state index in [0.717, 1.165) is 12.2 Å². The number of hydrogen-bond donors (Lipinski definition) is 0. The van der Waals surface area contributed by atoms with Gasteiger partial charge >= 0.3 is 0 Å². The highest BCUT2D eigenvalue weighted by Crippen LogP contribution is 2.79. The number of ether oxygens (including phenoxy) is 1. The number of rotatable bonds is 2. The molecule has 0 saturated heterocycles. The van der Waals surface area contributed by atoms with Gasteiger partial charge in [-0.2, -0.15) is 0 Å². The average molecular weight is 365 g/mol. The molecule has 0 unspecified atom stereocenters. The number of benzene rings is 1. The Morgan fingerprint density at radius 1 is 1.04 bits per heavy atom. The summed E-state index contributed by atoms with van der Waals surface area (Å²) in [7, 11) is 1.72. The molecule has 0 N–H and O–H groups in total. The lowest BCUT2D eigenvalue weighted by Gasteiger charge is -2.51. The molecule has 2 heteroatoms. The van der Waals surface area contributed by atoms with Gasteiger partial charge < -0.3 is 4.74 Å². The first-order valence-electron chi connectivity index (χ1n) is 10.9. The summed E-state index contributed by atoms with van der Waals surface area (Å²) < 4.78 is 5.42. The molecule has 4 aliphatic carbocycles. The van der Waals surface area contributed by atoms with Crippen molar-refractivity contribution in [2.24, 2.45) is 28.6 Å². The van der Waals surface area contributed by atoms with Crippen molar-refractivity contribution < 1.29 is 9.53 Å². The zero-order chi connectivity index (χ0) is 18.9. The molecule has 3 saturated carbocycles. The molecule has 3 fully saturated rings. The van der Waals surface area contributed by atoms with Crippen LogP contribution < -0.4 is 4.74 Å². The molecule has 0 radical (unpaired) electrons. The van der Waals surface area contributed by atoms with Crippen LogP contribution in [0.15, 0.2) is 36.4 Å². The van der Waals surface area contributed by atoms with Crippen molar-refractivity contribution in [3.05, 3.63) is 42.0 Å². The van der Waals surface area contributed by atoms with Gasteiger partial charge in [-0.1, -0.05) is 51.0 Å². The van der Waals surface area contributed by atoms with E-state index < -0.39 is 0 Å². The second-order valence-corrected chi connectivity index (χ2v) is 9.95. The van der Waals surface area contributed by atoms with E-state index in [4.69, 9.17) is 4.74 Å². The molecule has 2 nitrogen and oxygen atoms in total. The fourth-order valence-electron chi connectivity index (χ4n) is 7.91. The molecule has 6 atom stereocenters. The Balaban J connectivity index is 1.73. The van der Waals surface area contributed by atoms with Crippen LogP contribution in [0.1, 0.15) is 64.4 Å². The number of allylic oxidation sites excluding steroid dienone is 2. The summed E-state index contributed by atoms with van der Waals surface area (Å²) in [6.45, 7) is 4.79. The van der Waals surface area contributed by atoms with E-state index >= 15 is 0 Å². The first-order valence-corrected chi connectivity index (χ1v) is 10.9. The lowest BCUT2D eigenvalue weighted by molar-refractivity contribution is -0.126. The molecule has 1 aromatic carbocycles. The van der Waals surface area contributed by atoms with Gasteiger partial charge in [0.25, 0.3) is 0 Å². The topological polar surface area (TPSA) is 26.3 Å². The monoisotopic (exact) mass is 364 g/mol. The summed E-state index contributed by atoms with van der Waals surface area (Å²) in [6.07, 6.45) is 13.3. The molecule has 5 rings (SSSR count). The average Bonchev–Trinajstić information content (AvgIpc) is 2.98. The van der Waals surface area contributed by atoms with Gasteiger partial charge in [0.15, 0.2) is 0 Å². The number of ketones is 1. The first kappa shape index (κ1) is 17.5. The quantitative estimate of drug-likeness (QED) is 0.629. The highest BCUT2D eigenvalue weighted by molar-refractivity contribution is 5.86. The standard InChI is InChI=1S/C25H32O2/c1-17-6-11-20-22(21(26)16-17)25(18-7-9-19(27-3)10-8-18)15-14-24(20)13-5-4-12-23(24,25)2/h7-10,14-15,17,20,22H,4-6,11-13,16H2,1-3H3/t17-,20+,22+,23-,24+,25+/m1/s1. The minimum atomic E-state index is -0.133. The highest BCUT2D eigenvalue weighted by atomic mass is 16.5. The van der Waals surface area contributed by atoms with Gasteiger partial charge in [-0.25, -0.2) is 0 Å². The number of carbonyl (C=O) groups is 1. The van der Waals surface area contributed by atoms with Crippen molar-refractivity contribution in [2.45, 2.75) is 64.2 Å². The summed E-state index contributed by atoms with van der Waals surface area (Å²) in [5, 5.41) is 0. The van der Waals surface area contributed by atoms with E-state index in [2.05, 4.69) is 50.3 Å². The number of carbonyl (C=O) groups excluding carboxylic acids is 1. The van der Waals surface area contributed by atoms with E-state index in [1.807, 2.05) is 0 Å². The van der Waals surface area contributed by atoms with Gasteiger partial charge in [-0.15, -0.1) is 0 Å². The van der Waals surface area contributed by atoms with Crippen LogP contribution in [0.2, 0.25) is 0 Å². The normalized spacial score (nSPS) is 45.3. The van der Waals surface area contributed by atoms with E-state index in [9.17, 15) is 4.79 Å². The van der Waals surface area contributed by atoms with Crippen LogP contribution in [0.3, 0.4) is 0 Å². The molecule has 27 heavy (non-hydrogen) atoms. The molecule has 0 amide bonds. The van der Waals surface area contributed by atoms with E-state index in [1.54, 1.807) is 7.11 Å². The van der Waals surface area contributed by atoms with Gasteiger partial charge in [-0.3, -0.25) is 4.79 Å². The minimum absolute atomic E-state index is 0.133. The van der Waals surface area contributed by atoms with Crippen LogP contribution >= 0.6 is 0 Å². The van der Waals surface area contributed by atoms with Gasteiger partial charge in [0, 0.05) is 17.8 Å². The molecule has 1 aromatic rings. The van der Waals surface area contributed by atoms with Crippen LogP contribution in [0.25, 0.3) is 0 Å². The zero-order valence-corrected chi connectivity index (χ0v) is 17.0. The van der Waals surface area contributed by atoms with Crippen molar-refractivity contribution in [2.75, 3.05) is 7.11 Å². The first-order chi connectivity index (χ1) is 13.0. The van der Waals surface area contributed by atoms with Crippen LogP contribution in [0, 0.1) is 28.6 Å². The van der Waals surface area contributed by atoms with Crippen molar-refractivity contribution in [1.29, 1.82) is 0 Å². The molecule has 144 valence electrons. The SMILES string of the molecule is COc1ccc([C@]23C=C[C@@]4(CCCC[C@@]24C)[C@H]2CC[C@@H](C)CC(=O)[C@H]23)cc1. The summed E-state index contributed by atoms with van der Waals surface area (Å²) >= 11 is 0. The smallest absolute Gasteiger partial charge is 0.137 e. The van der Waals surface area contributed by atoms with Crippen LogP contribution in [0.5, 0.6) is 5.75 Å². The van der Waals surface area contributed by atoms with Gasteiger partial charge in [0.05, 0.1) is 7.11 Å². The Labute approximate surface area is 163 Å². The Morgan fingerprint density at radius 2 is 1.78 bits per heavy atom. The van der Waals surface area contributed by atoms with Crippen LogP contribution in [0.4, 0.5) is 0 Å². The van der Waals surface area contributed by atoms with Crippen molar-refractivity contribution in [3.8, 4) is 5.75 Å². The Kier molecular flexibility index (Phi) is 3.71. The number of fused-ring (bicyclic) bond motifs is 2. The zero-order valence-electron chi connectivity index (χ0n) is 17.0. The highest BCUT2D eigenvalue weighted by Gasteiger charge is 2.76. The molecular weight excluding hydrogens is 332 g/mol.